The molecule has 0 saturated heterocycles. The van der Waals surface area contributed by atoms with Crippen molar-refractivity contribution in [2.75, 3.05) is 6.54 Å². The number of furan rings is 1. The van der Waals surface area contributed by atoms with Crippen LogP contribution >= 0.6 is 0 Å². The average molecular weight is 181 g/mol. The smallest absolute Gasteiger partial charge is 0.120 e. The minimum atomic E-state index is 0.334. The molecule has 0 aliphatic rings. The van der Waals surface area contributed by atoms with E-state index >= 15 is 0 Å². The highest BCUT2D eigenvalue weighted by atomic mass is 16.3. The monoisotopic (exact) mass is 181 g/mol. The molecular formula is C11H19NO. The van der Waals surface area contributed by atoms with Crippen LogP contribution in [0.1, 0.15) is 44.3 Å². The van der Waals surface area contributed by atoms with Crippen molar-refractivity contribution in [2.45, 2.75) is 39.7 Å². The highest BCUT2D eigenvalue weighted by Crippen LogP contribution is 2.15. The molecule has 0 aromatic carbocycles. The Kier molecular flexibility index (Phi) is 4.03. The zero-order chi connectivity index (χ0) is 9.68. The molecule has 0 aliphatic heterocycles. The maximum absolute atomic E-state index is 5.51. The van der Waals surface area contributed by atoms with Crippen LogP contribution in [0.2, 0.25) is 0 Å². The minimum absolute atomic E-state index is 0.334. The largest absolute Gasteiger partial charge is 0.465 e. The van der Waals surface area contributed by atoms with Gasteiger partial charge < -0.3 is 9.73 Å². The number of rotatable bonds is 5. The van der Waals surface area contributed by atoms with Crippen LogP contribution in [0.25, 0.3) is 0 Å². The topological polar surface area (TPSA) is 25.2 Å². The van der Waals surface area contributed by atoms with Crippen LogP contribution in [0, 0.1) is 6.92 Å². The van der Waals surface area contributed by atoms with E-state index in [2.05, 4.69) is 19.2 Å². The Morgan fingerprint density at radius 3 is 2.77 bits per heavy atom. The molecule has 0 fully saturated rings. The Balaban J connectivity index is 2.35. The van der Waals surface area contributed by atoms with Crippen molar-refractivity contribution in [3.8, 4) is 0 Å². The highest BCUT2D eigenvalue weighted by molar-refractivity contribution is 5.08. The summed E-state index contributed by atoms with van der Waals surface area (Å²) in [6, 6.07) is 4.38. The van der Waals surface area contributed by atoms with E-state index in [1.807, 2.05) is 19.1 Å². The molecule has 1 aromatic heterocycles. The Labute approximate surface area is 80.3 Å². The predicted molar refractivity (Wildman–Crippen MR) is 54.8 cm³/mol. The van der Waals surface area contributed by atoms with Crippen molar-refractivity contribution < 1.29 is 4.42 Å². The lowest BCUT2D eigenvalue weighted by atomic mass is 10.2. The van der Waals surface area contributed by atoms with Crippen LogP contribution in [0.3, 0.4) is 0 Å². The van der Waals surface area contributed by atoms with Crippen LogP contribution in [0.5, 0.6) is 0 Å². The zero-order valence-electron chi connectivity index (χ0n) is 8.76. The summed E-state index contributed by atoms with van der Waals surface area (Å²) in [5.41, 5.74) is 0. The molecule has 13 heavy (non-hydrogen) atoms. The lowest BCUT2D eigenvalue weighted by molar-refractivity contribution is 0.414. The van der Waals surface area contributed by atoms with E-state index in [0.29, 0.717) is 6.04 Å². The van der Waals surface area contributed by atoms with Gasteiger partial charge in [0.2, 0.25) is 0 Å². The van der Waals surface area contributed by atoms with E-state index < -0.39 is 0 Å². The van der Waals surface area contributed by atoms with Crippen LogP contribution in [-0.4, -0.2) is 6.54 Å². The molecule has 74 valence electrons. The van der Waals surface area contributed by atoms with Crippen molar-refractivity contribution in [3.63, 3.8) is 0 Å². The Morgan fingerprint density at radius 2 is 2.23 bits per heavy atom. The van der Waals surface area contributed by atoms with Gasteiger partial charge in [0.05, 0.1) is 6.04 Å². The van der Waals surface area contributed by atoms with Gasteiger partial charge in [-0.2, -0.15) is 0 Å². The van der Waals surface area contributed by atoms with Crippen molar-refractivity contribution in [2.24, 2.45) is 0 Å². The Bertz CT molecular complexity index is 242. The molecule has 1 aromatic rings. The summed E-state index contributed by atoms with van der Waals surface area (Å²) in [7, 11) is 0. The Morgan fingerprint density at radius 1 is 1.46 bits per heavy atom. The molecular weight excluding hydrogens is 162 g/mol. The zero-order valence-corrected chi connectivity index (χ0v) is 8.76. The van der Waals surface area contributed by atoms with E-state index in [1.165, 1.54) is 12.8 Å². The summed E-state index contributed by atoms with van der Waals surface area (Å²) in [6.45, 7) is 7.37. The summed E-state index contributed by atoms with van der Waals surface area (Å²) in [5.74, 6) is 2.02. The van der Waals surface area contributed by atoms with Crippen molar-refractivity contribution in [1.82, 2.24) is 5.32 Å². The van der Waals surface area contributed by atoms with Gasteiger partial charge in [-0.15, -0.1) is 0 Å². The maximum atomic E-state index is 5.51. The molecule has 0 amide bonds. The van der Waals surface area contributed by atoms with Gasteiger partial charge in [-0.1, -0.05) is 13.3 Å². The molecule has 1 heterocycles. The number of nitrogens with one attached hydrogen (secondary N) is 1. The number of aryl methyl sites for hydroxylation is 1. The summed E-state index contributed by atoms with van der Waals surface area (Å²) >= 11 is 0. The second kappa shape index (κ2) is 5.07. The van der Waals surface area contributed by atoms with Gasteiger partial charge in [0.1, 0.15) is 11.5 Å². The van der Waals surface area contributed by atoms with E-state index in [9.17, 15) is 0 Å². The van der Waals surface area contributed by atoms with Crippen LogP contribution in [0.4, 0.5) is 0 Å². The fourth-order valence-electron chi connectivity index (χ4n) is 1.28. The summed E-state index contributed by atoms with van der Waals surface area (Å²) in [4.78, 5) is 0. The number of hydrogen-bond donors (Lipinski definition) is 1. The molecule has 0 bridgehead atoms. The standard InChI is InChI=1S/C11H19NO/c1-4-5-8-12-10(3)11-7-6-9(2)13-11/h6-7,10,12H,4-5,8H2,1-3H3/t10-/m1/s1. The van der Waals surface area contributed by atoms with Gasteiger partial charge in [0, 0.05) is 0 Å². The Hall–Kier alpha value is -0.760. The highest BCUT2D eigenvalue weighted by Gasteiger charge is 2.07. The molecule has 0 aliphatic carbocycles. The van der Waals surface area contributed by atoms with Gasteiger partial charge in [0.15, 0.2) is 0 Å². The van der Waals surface area contributed by atoms with Crippen LogP contribution in [0.15, 0.2) is 16.5 Å². The quantitative estimate of drug-likeness (QED) is 0.706. The number of unbranched alkanes of at least 4 members (excludes halogenated alkanes) is 1. The van der Waals surface area contributed by atoms with Gasteiger partial charge in [-0.05, 0) is 38.9 Å². The molecule has 0 saturated carbocycles. The molecule has 1 rings (SSSR count). The molecule has 1 atom stereocenters. The second-order valence-corrected chi connectivity index (χ2v) is 3.48. The first-order chi connectivity index (χ1) is 6.24. The molecule has 1 N–H and O–H groups in total. The summed E-state index contributed by atoms with van der Waals surface area (Å²) in [5, 5.41) is 3.42. The first-order valence-electron chi connectivity index (χ1n) is 5.03. The molecule has 2 nitrogen and oxygen atoms in total. The van der Waals surface area contributed by atoms with Crippen molar-refractivity contribution in [3.05, 3.63) is 23.7 Å². The fourth-order valence-corrected chi connectivity index (χ4v) is 1.28. The van der Waals surface area contributed by atoms with Gasteiger partial charge in [-0.3, -0.25) is 0 Å². The summed E-state index contributed by atoms with van der Waals surface area (Å²) < 4.78 is 5.51. The fraction of sp³-hybridized carbons (Fsp3) is 0.636. The van der Waals surface area contributed by atoms with E-state index in [-0.39, 0.29) is 0 Å². The molecule has 0 unspecified atom stereocenters. The second-order valence-electron chi connectivity index (χ2n) is 3.48. The minimum Gasteiger partial charge on any atom is -0.465 e. The molecule has 0 spiro atoms. The van der Waals surface area contributed by atoms with Gasteiger partial charge in [0.25, 0.3) is 0 Å². The maximum Gasteiger partial charge on any atom is 0.120 e. The van der Waals surface area contributed by atoms with Gasteiger partial charge in [-0.25, -0.2) is 0 Å². The lowest BCUT2D eigenvalue weighted by Crippen LogP contribution is -2.19. The molecule has 0 radical (unpaired) electrons. The normalized spacial score (nSPS) is 13.2. The third-order valence-corrected chi connectivity index (χ3v) is 2.17. The lowest BCUT2D eigenvalue weighted by Gasteiger charge is -2.10. The molecule has 2 heteroatoms. The number of hydrogen-bond acceptors (Lipinski definition) is 2. The third kappa shape index (κ3) is 3.23. The first-order valence-corrected chi connectivity index (χ1v) is 5.03. The SMILES string of the molecule is CCCCN[C@H](C)c1ccc(C)o1. The van der Waals surface area contributed by atoms with Gasteiger partial charge >= 0.3 is 0 Å². The average Bonchev–Trinajstić information content (AvgIpc) is 2.52. The van der Waals surface area contributed by atoms with Crippen LogP contribution in [-0.2, 0) is 0 Å². The van der Waals surface area contributed by atoms with Crippen molar-refractivity contribution >= 4 is 0 Å². The van der Waals surface area contributed by atoms with E-state index in [0.717, 1.165) is 18.1 Å². The van der Waals surface area contributed by atoms with Crippen LogP contribution < -0.4 is 5.32 Å². The summed E-state index contributed by atoms with van der Waals surface area (Å²) in [6.07, 6.45) is 2.46. The van der Waals surface area contributed by atoms with Crippen molar-refractivity contribution in [1.29, 1.82) is 0 Å². The van der Waals surface area contributed by atoms with E-state index in [1.54, 1.807) is 0 Å². The first kappa shape index (κ1) is 10.3. The predicted octanol–water partition coefficient (Wildman–Crippen LogP) is 3.04. The third-order valence-electron chi connectivity index (χ3n) is 2.17. The van der Waals surface area contributed by atoms with E-state index in [4.69, 9.17) is 4.42 Å².